The molecule has 2 aliphatic rings. The smallest absolute Gasteiger partial charge is 0.337 e. The molecule has 0 radical (unpaired) electrons. The number of carboxylic acids is 1. The Morgan fingerprint density at radius 1 is 1.17 bits per heavy atom. The fourth-order valence-corrected chi connectivity index (χ4v) is 0.663. The summed E-state index contributed by atoms with van der Waals surface area (Å²) in [5.74, 6) is -1.21. The van der Waals surface area contributed by atoms with Crippen LogP contribution in [-0.4, -0.2) is 15.9 Å². The van der Waals surface area contributed by atoms with E-state index >= 15 is 0 Å². The largest absolute Gasteiger partial charge is 0.479 e. The molecule has 2 aliphatic carbocycles. The maximum atomic E-state index is 9.44. The van der Waals surface area contributed by atoms with E-state index in [0.29, 0.717) is 0 Å². The van der Waals surface area contributed by atoms with Gasteiger partial charge >= 0.3 is 5.97 Å². The molecule has 0 atom stereocenters. The SMILES string of the molecule is O=C(O)C(Cl)Cl.c1cc2ccc1-2. The van der Waals surface area contributed by atoms with Crippen LogP contribution in [0.4, 0.5) is 0 Å². The molecular weight excluding hydrogens is 199 g/mol. The fourth-order valence-electron chi connectivity index (χ4n) is 0.663. The highest BCUT2D eigenvalue weighted by molar-refractivity contribution is 6.52. The monoisotopic (exact) mass is 204 g/mol. The molecule has 0 heterocycles. The van der Waals surface area contributed by atoms with Crippen LogP contribution in [0.1, 0.15) is 0 Å². The van der Waals surface area contributed by atoms with Crippen LogP contribution < -0.4 is 0 Å². The first kappa shape index (κ1) is 9.36. The van der Waals surface area contributed by atoms with Crippen LogP contribution in [0.25, 0.3) is 11.1 Å². The summed E-state index contributed by atoms with van der Waals surface area (Å²) in [5.41, 5.74) is 2.85. The van der Waals surface area contributed by atoms with Gasteiger partial charge in [0.2, 0.25) is 4.84 Å². The van der Waals surface area contributed by atoms with Crippen LogP contribution in [0.5, 0.6) is 0 Å². The van der Waals surface area contributed by atoms with E-state index in [1.165, 1.54) is 11.1 Å². The van der Waals surface area contributed by atoms with Crippen molar-refractivity contribution in [3.8, 4) is 11.1 Å². The van der Waals surface area contributed by atoms with Crippen LogP contribution in [0.2, 0.25) is 0 Å². The first-order valence-corrected chi connectivity index (χ1v) is 4.10. The third kappa shape index (κ3) is 2.13. The van der Waals surface area contributed by atoms with Gasteiger partial charge in [-0.25, -0.2) is 4.79 Å². The molecule has 0 bridgehead atoms. The number of hydrogen-bond acceptors (Lipinski definition) is 1. The Labute approximate surface area is 79.7 Å². The molecule has 0 amide bonds. The lowest BCUT2D eigenvalue weighted by Crippen LogP contribution is -2.03. The summed E-state index contributed by atoms with van der Waals surface area (Å²) in [4.78, 5) is 8.15. The molecule has 0 fully saturated rings. The second-order valence-electron chi connectivity index (χ2n) is 2.22. The number of benzene rings is 1. The lowest BCUT2D eigenvalue weighted by molar-refractivity contribution is -0.135. The van der Waals surface area contributed by atoms with Gasteiger partial charge in [0, 0.05) is 0 Å². The predicted octanol–water partition coefficient (Wildman–Crippen LogP) is 2.54. The normalized spacial score (nSPS) is 10.2. The van der Waals surface area contributed by atoms with Gasteiger partial charge in [0.05, 0.1) is 0 Å². The minimum absolute atomic E-state index is 1.21. The van der Waals surface area contributed by atoms with E-state index in [0.717, 1.165) is 0 Å². The molecule has 0 aromatic carbocycles. The zero-order valence-corrected chi connectivity index (χ0v) is 7.51. The van der Waals surface area contributed by atoms with Crippen LogP contribution >= 0.6 is 23.2 Å². The van der Waals surface area contributed by atoms with Crippen molar-refractivity contribution in [3.05, 3.63) is 24.3 Å². The fraction of sp³-hybridized carbons (Fsp3) is 0.125. The van der Waals surface area contributed by atoms with Gasteiger partial charge in [0.25, 0.3) is 0 Å². The van der Waals surface area contributed by atoms with Crippen LogP contribution in [-0.2, 0) is 4.79 Å². The quantitative estimate of drug-likeness (QED) is 0.726. The number of halogens is 2. The predicted molar refractivity (Wildman–Crippen MR) is 48.6 cm³/mol. The van der Waals surface area contributed by atoms with E-state index in [-0.39, 0.29) is 0 Å². The molecule has 2 rings (SSSR count). The van der Waals surface area contributed by atoms with Gasteiger partial charge in [-0.3, -0.25) is 0 Å². The first-order valence-electron chi connectivity index (χ1n) is 3.22. The Hall–Kier alpha value is -0.730. The van der Waals surface area contributed by atoms with Gasteiger partial charge in [0.15, 0.2) is 0 Å². The van der Waals surface area contributed by atoms with Crippen molar-refractivity contribution >= 4 is 29.2 Å². The number of fused-ring (bicyclic) bond motifs is 1. The van der Waals surface area contributed by atoms with Crippen molar-refractivity contribution in [1.29, 1.82) is 0 Å². The van der Waals surface area contributed by atoms with Gasteiger partial charge in [-0.2, -0.15) is 0 Å². The van der Waals surface area contributed by atoms with Crippen LogP contribution in [0.15, 0.2) is 24.3 Å². The Morgan fingerprint density at radius 2 is 1.42 bits per heavy atom. The molecule has 12 heavy (non-hydrogen) atoms. The minimum Gasteiger partial charge on any atom is -0.479 e. The molecule has 4 heteroatoms. The standard InChI is InChI=1S/C6H4.C2H2Cl2O2/c1-2-6-4-3-5(1)6;3-1(4)2(5)6/h1-4H;1H,(H,5,6). The van der Waals surface area contributed by atoms with Crippen molar-refractivity contribution in [2.75, 3.05) is 0 Å². The van der Waals surface area contributed by atoms with Gasteiger partial charge < -0.3 is 5.11 Å². The molecule has 0 aromatic rings. The van der Waals surface area contributed by atoms with E-state index in [9.17, 15) is 4.79 Å². The topological polar surface area (TPSA) is 37.3 Å². The van der Waals surface area contributed by atoms with E-state index in [1.807, 2.05) is 0 Å². The zero-order valence-electron chi connectivity index (χ0n) is 6.00. The molecule has 2 nitrogen and oxygen atoms in total. The average molecular weight is 205 g/mol. The summed E-state index contributed by atoms with van der Waals surface area (Å²) in [6.45, 7) is 0. The van der Waals surface area contributed by atoms with Crippen LogP contribution in [0, 0.1) is 0 Å². The Morgan fingerprint density at radius 3 is 1.42 bits per heavy atom. The third-order valence-electron chi connectivity index (χ3n) is 1.40. The van der Waals surface area contributed by atoms with E-state index in [2.05, 4.69) is 24.3 Å². The number of aliphatic carboxylic acids is 1. The summed E-state index contributed by atoms with van der Waals surface area (Å²) in [7, 11) is 0. The lowest BCUT2D eigenvalue weighted by atomic mass is 9.95. The van der Waals surface area contributed by atoms with Gasteiger partial charge in [-0.1, -0.05) is 47.5 Å². The van der Waals surface area contributed by atoms with Gasteiger partial charge in [-0.05, 0) is 11.1 Å². The number of alkyl halides is 2. The lowest BCUT2D eigenvalue weighted by Gasteiger charge is -2.10. The summed E-state index contributed by atoms with van der Waals surface area (Å²) in [5, 5.41) is 7.73. The summed E-state index contributed by atoms with van der Waals surface area (Å²) in [6, 6.07) is 8.48. The first-order chi connectivity index (χ1) is 5.61. The molecular formula is C8H6Cl2O2. The summed E-state index contributed by atoms with van der Waals surface area (Å²) >= 11 is 9.56. The zero-order chi connectivity index (χ0) is 9.14. The Kier molecular flexibility index (Phi) is 2.95. The van der Waals surface area contributed by atoms with Gasteiger partial charge in [-0.15, -0.1) is 0 Å². The van der Waals surface area contributed by atoms with Crippen molar-refractivity contribution in [2.24, 2.45) is 0 Å². The molecule has 0 spiro atoms. The summed E-state index contributed by atoms with van der Waals surface area (Å²) < 4.78 is 0. The average Bonchev–Trinajstić information content (AvgIpc) is 1.97. The maximum Gasteiger partial charge on any atom is 0.337 e. The number of carbonyl (C=O) groups is 1. The second-order valence-corrected chi connectivity index (χ2v) is 3.31. The Bertz CT molecular complexity index is 259. The maximum absolute atomic E-state index is 9.44. The molecule has 0 aromatic heterocycles. The Balaban J connectivity index is 0.000000120. The van der Waals surface area contributed by atoms with Crippen molar-refractivity contribution in [3.63, 3.8) is 0 Å². The molecule has 0 saturated heterocycles. The van der Waals surface area contributed by atoms with Crippen LogP contribution in [0.3, 0.4) is 0 Å². The number of rotatable bonds is 1. The second kappa shape index (κ2) is 3.78. The van der Waals surface area contributed by atoms with Crippen molar-refractivity contribution in [1.82, 2.24) is 0 Å². The highest BCUT2D eigenvalue weighted by atomic mass is 35.5. The summed E-state index contributed by atoms with van der Waals surface area (Å²) in [6.07, 6.45) is 0. The van der Waals surface area contributed by atoms with E-state index < -0.39 is 10.8 Å². The number of hydrogen-bond donors (Lipinski definition) is 1. The van der Waals surface area contributed by atoms with Gasteiger partial charge in [0.1, 0.15) is 0 Å². The third-order valence-corrected chi connectivity index (χ3v) is 1.78. The minimum atomic E-state index is -1.29. The highest BCUT2D eigenvalue weighted by Crippen LogP contribution is 2.29. The molecule has 1 N–H and O–H groups in total. The number of carboxylic acid groups (broad SMARTS) is 1. The van der Waals surface area contributed by atoms with Crippen molar-refractivity contribution < 1.29 is 9.90 Å². The molecule has 0 saturated carbocycles. The van der Waals surface area contributed by atoms with E-state index in [4.69, 9.17) is 28.3 Å². The molecule has 0 unspecified atom stereocenters. The highest BCUT2D eigenvalue weighted by Gasteiger charge is 2.05. The van der Waals surface area contributed by atoms with Crippen molar-refractivity contribution in [2.45, 2.75) is 4.84 Å². The molecule has 0 aliphatic heterocycles. The van der Waals surface area contributed by atoms with E-state index in [1.54, 1.807) is 0 Å². The molecule has 64 valence electrons.